The second-order valence-corrected chi connectivity index (χ2v) is 4.41. The molecule has 0 amide bonds. The van der Waals surface area contributed by atoms with E-state index in [0.717, 1.165) is 5.69 Å². The van der Waals surface area contributed by atoms with Gasteiger partial charge in [0.2, 0.25) is 0 Å². The molecule has 106 valence electrons. The van der Waals surface area contributed by atoms with Gasteiger partial charge >= 0.3 is 0 Å². The Kier molecular flexibility index (Phi) is 5.11. The smallest absolute Gasteiger partial charge is 0.158 e. The first-order valence-corrected chi connectivity index (χ1v) is 6.54. The number of nitrogens with zero attached hydrogens (tertiary/aromatic N) is 2. The Morgan fingerprint density at radius 2 is 2.05 bits per heavy atom. The topological polar surface area (TPSA) is 85.1 Å². The Labute approximate surface area is 122 Å². The van der Waals surface area contributed by atoms with Crippen molar-refractivity contribution in [1.29, 1.82) is 0 Å². The molecule has 1 aromatic carbocycles. The molecule has 4 N–H and O–H groups in total. The van der Waals surface area contributed by atoms with Crippen LogP contribution >= 0.6 is 11.6 Å². The van der Waals surface area contributed by atoms with Crippen molar-refractivity contribution in [2.45, 2.75) is 13.5 Å². The van der Waals surface area contributed by atoms with Crippen LogP contribution in [0.5, 0.6) is 0 Å². The summed E-state index contributed by atoms with van der Waals surface area (Å²) in [7, 11) is 0. The van der Waals surface area contributed by atoms with Crippen molar-refractivity contribution in [3.05, 3.63) is 41.2 Å². The second-order valence-electron chi connectivity index (χ2n) is 3.97. The normalized spacial score (nSPS) is 10.3. The van der Waals surface area contributed by atoms with Crippen molar-refractivity contribution >= 4 is 28.9 Å². The van der Waals surface area contributed by atoms with Crippen molar-refractivity contribution in [2.75, 3.05) is 17.3 Å². The minimum absolute atomic E-state index is 0.330. The molecule has 0 aliphatic heterocycles. The van der Waals surface area contributed by atoms with E-state index in [1.807, 2.05) is 19.1 Å². The highest BCUT2D eigenvalue weighted by Crippen LogP contribution is 2.20. The van der Waals surface area contributed by atoms with Gasteiger partial charge in [0, 0.05) is 23.4 Å². The molecule has 0 unspecified atom stereocenters. The van der Waals surface area contributed by atoms with E-state index in [0.29, 0.717) is 35.7 Å². The number of hydrazine groups is 1. The van der Waals surface area contributed by atoms with Gasteiger partial charge in [0.25, 0.3) is 0 Å². The zero-order valence-electron chi connectivity index (χ0n) is 11.1. The van der Waals surface area contributed by atoms with E-state index < -0.39 is 0 Å². The molecule has 0 spiro atoms. The molecule has 0 bridgehead atoms. The maximum absolute atomic E-state index is 5.94. The quantitative estimate of drug-likeness (QED) is 0.561. The van der Waals surface area contributed by atoms with E-state index in [9.17, 15) is 0 Å². The highest BCUT2D eigenvalue weighted by molar-refractivity contribution is 6.30. The van der Waals surface area contributed by atoms with E-state index in [1.165, 1.54) is 0 Å². The molecule has 2 rings (SSSR count). The molecule has 20 heavy (non-hydrogen) atoms. The first kappa shape index (κ1) is 14.5. The van der Waals surface area contributed by atoms with Crippen LogP contribution in [-0.2, 0) is 11.3 Å². The SMILES string of the molecule is CCOCc1nc(NN)cc(Nc2cccc(Cl)c2)n1. The van der Waals surface area contributed by atoms with Crippen LogP contribution in [-0.4, -0.2) is 16.6 Å². The summed E-state index contributed by atoms with van der Waals surface area (Å²) in [5, 5.41) is 3.80. The number of nitrogen functional groups attached to an aromatic ring is 1. The first-order chi connectivity index (χ1) is 9.71. The summed E-state index contributed by atoms with van der Waals surface area (Å²) in [5.41, 5.74) is 3.34. The number of nitrogens with two attached hydrogens (primary N) is 1. The van der Waals surface area contributed by atoms with E-state index in [1.54, 1.807) is 18.2 Å². The van der Waals surface area contributed by atoms with Crippen LogP contribution in [0, 0.1) is 0 Å². The van der Waals surface area contributed by atoms with Crippen LogP contribution < -0.4 is 16.6 Å². The van der Waals surface area contributed by atoms with E-state index >= 15 is 0 Å². The second kappa shape index (κ2) is 7.04. The van der Waals surface area contributed by atoms with Crippen molar-refractivity contribution in [3.8, 4) is 0 Å². The molecule has 0 saturated heterocycles. The van der Waals surface area contributed by atoms with Crippen LogP contribution in [0.25, 0.3) is 0 Å². The number of hydrogen-bond donors (Lipinski definition) is 3. The van der Waals surface area contributed by atoms with Crippen molar-refractivity contribution in [3.63, 3.8) is 0 Å². The van der Waals surface area contributed by atoms with Crippen LogP contribution in [0.15, 0.2) is 30.3 Å². The highest BCUT2D eigenvalue weighted by Gasteiger charge is 2.05. The minimum Gasteiger partial charge on any atom is -0.374 e. The fraction of sp³-hybridized carbons (Fsp3) is 0.231. The van der Waals surface area contributed by atoms with Gasteiger partial charge in [-0.1, -0.05) is 17.7 Å². The lowest BCUT2D eigenvalue weighted by Gasteiger charge is -2.10. The number of rotatable bonds is 6. The number of halogens is 1. The third-order valence-corrected chi connectivity index (χ3v) is 2.69. The van der Waals surface area contributed by atoms with Gasteiger partial charge in [-0.25, -0.2) is 15.8 Å². The van der Waals surface area contributed by atoms with Gasteiger partial charge in [0.15, 0.2) is 5.82 Å². The zero-order valence-corrected chi connectivity index (χ0v) is 11.8. The zero-order chi connectivity index (χ0) is 14.4. The van der Waals surface area contributed by atoms with Gasteiger partial charge in [-0.15, -0.1) is 0 Å². The lowest BCUT2D eigenvalue weighted by molar-refractivity contribution is 0.128. The molecule has 0 fully saturated rings. The number of hydrogen-bond acceptors (Lipinski definition) is 6. The monoisotopic (exact) mass is 293 g/mol. The van der Waals surface area contributed by atoms with Gasteiger partial charge in [-0.2, -0.15) is 0 Å². The van der Waals surface area contributed by atoms with E-state index in [2.05, 4.69) is 20.7 Å². The highest BCUT2D eigenvalue weighted by atomic mass is 35.5. The van der Waals surface area contributed by atoms with Crippen LogP contribution in [0.4, 0.5) is 17.3 Å². The van der Waals surface area contributed by atoms with Crippen LogP contribution in [0.1, 0.15) is 12.7 Å². The Bertz CT molecular complexity index is 578. The fourth-order valence-corrected chi connectivity index (χ4v) is 1.80. The van der Waals surface area contributed by atoms with Crippen molar-refractivity contribution in [1.82, 2.24) is 9.97 Å². The van der Waals surface area contributed by atoms with Gasteiger partial charge in [0.05, 0.1) is 0 Å². The minimum atomic E-state index is 0.330. The van der Waals surface area contributed by atoms with Crippen molar-refractivity contribution in [2.24, 2.45) is 5.84 Å². The van der Waals surface area contributed by atoms with Crippen LogP contribution in [0.2, 0.25) is 5.02 Å². The summed E-state index contributed by atoms with van der Waals surface area (Å²) < 4.78 is 5.30. The lowest BCUT2D eigenvalue weighted by Crippen LogP contribution is -2.12. The number of ether oxygens (including phenoxy) is 1. The Hall–Kier alpha value is -1.89. The molecular formula is C13H16ClN5O. The van der Waals surface area contributed by atoms with Gasteiger partial charge in [-0.3, -0.25) is 0 Å². The largest absolute Gasteiger partial charge is 0.374 e. The molecule has 7 heteroatoms. The summed E-state index contributed by atoms with van der Waals surface area (Å²) in [6.45, 7) is 2.84. The standard InChI is InChI=1S/C13H16ClN5O/c1-2-20-8-13-17-11(7-12(18-13)19-15)16-10-5-3-4-9(14)6-10/h3-7H,2,8,15H2,1H3,(H2,16,17,18,19). The maximum atomic E-state index is 5.94. The molecule has 0 aliphatic rings. The molecule has 0 saturated carbocycles. The lowest BCUT2D eigenvalue weighted by atomic mass is 10.3. The third-order valence-electron chi connectivity index (χ3n) is 2.45. The first-order valence-electron chi connectivity index (χ1n) is 6.16. The molecule has 1 aromatic heterocycles. The molecular weight excluding hydrogens is 278 g/mol. The molecule has 1 heterocycles. The summed E-state index contributed by atoms with van der Waals surface area (Å²) in [4.78, 5) is 8.57. The molecule has 2 aromatic rings. The summed E-state index contributed by atoms with van der Waals surface area (Å²) >= 11 is 5.94. The molecule has 0 atom stereocenters. The van der Waals surface area contributed by atoms with Gasteiger partial charge in [-0.05, 0) is 25.1 Å². The summed E-state index contributed by atoms with van der Waals surface area (Å²) in [6.07, 6.45) is 0. The average Bonchev–Trinajstić information content (AvgIpc) is 2.45. The summed E-state index contributed by atoms with van der Waals surface area (Å²) in [5.74, 6) is 7.08. The molecule has 0 radical (unpaired) electrons. The molecule has 0 aliphatic carbocycles. The maximum Gasteiger partial charge on any atom is 0.158 e. The Morgan fingerprint density at radius 1 is 1.25 bits per heavy atom. The van der Waals surface area contributed by atoms with Crippen molar-refractivity contribution < 1.29 is 4.74 Å². The average molecular weight is 294 g/mol. The molecule has 6 nitrogen and oxygen atoms in total. The number of anilines is 3. The van der Waals surface area contributed by atoms with E-state index in [4.69, 9.17) is 22.2 Å². The summed E-state index contributed by atoms with van der Waals surface area (Å²) in [6, 6.07) is 9.07. The predicted octanol–water partition coefficient (Wildman–Crippen LogP) is 2.70. The van der Waals surface area contributed by atoms with Gasteiger partial charge < -0.3 is 15.5 Å². The third kappa shape index (κ3) is 4.06. The van der Waals surface area contributed by atoms with E-state index in [-0.39, 0.29) is 0 Å². The Balaban J connectivity index is 2.21. The number of benzene rings is 1. The fourth-order valence-electron chi connectivity index (χ4n) is 1.61. The van der Waals surface area contributed by atoms with Crippen LogP contribution in [0.3, 0.4) is 0 Å². The number of aromatic nitrogens is 2. The predicted molar refractivity (Wildman–Crippen MR) is 79.9 cm³/mol. The number of nitrogens with one attached hydrogen (secondary N) is 2. The Morgan fingerprint density at radius 3 is 2.75 bits per heavy atom. The van der Waals surface area contributed by atoms with Gasteiger partial charge in [0.1, 0.15) is 18.2 Å².